The van der Waals surface area contributed by atoms with Gasteiger partial charge < -0.3 is 14.1 Å². The lowest BCUT2D eigenvalue weighted by Crippen LogP contribution is -2.28. The lowest BCUT2D eigenvalue weighted by molar-refractivity contribution is -0.129. The minimum absolute atomic E-state index is 0.0289. The molecule has 2 rings (SSSR count). The van der Waals surface area contributed by atoms with Crippen LogP contribution in [0, 0.1) is 11.3 Å². The SMILES string of the molecule is COc1ccc2c(CC(=O)N(C)CCC#N)coc2c1. The van der Waals surface area contributed by atoms with Crippen LogP contribution < -0.4 is 4.74 Å². The molecule has 104 valence electrons. The van der Waals surface area contributed by atoms with E-state index in [2.05, 4.69) is 0 Å². The fourth-order valence-corrected chi connectivity index (χ4v) is 1.97. The van der Waals surface area contributed by atoms with Crippen molar-refractivity contribution in [1.82, 2.24) is 4.90 Å². The molecule has 0 aliphatic rings. The second-order valence-electron chi connectivity index (χ2n) is 4.52. The van der Waals surface area contributed by atoms with Crippen molar-refractivity contribution in [1.29, 1.82) is 5.26 Å². The van der Waals surface area contributed by atoms with Crippen LogP contribution in [-0.4, -0.2) is 31.5 Å². The van der Waals surface area contributed by atoms with Gasteiger partial charge in [0.25, 0.3) is 0 Å². The standard InChI is InChI=1S/C15H16N2O3/c1-17(7-3-6-16)15(18)8-11-10-20-14-9-12(19-2)4-5-13(11)14/h4-5,9-10H,3,7-8H2,1-2H3. The van der Waals surface area contributed by atoms with Crippen molar-refractivity contribution in [3.05, 3.63) is 30.0 Å². The summed E-state index contributed by atoms with van der Waals surface area (Å²) in [6, 6.07) is 7.55. The molecular formula is C15H16N2O3. The van der Waals surface area contributed by atoms with Crippen LogP contribution in [0.3, 0.4) is 0 Å². The highest BCUT2D eigenvalue weighted by molar-refractivity contribution is 5.88. The molecule has 0 unspecified atom stereocenters. The Morgan fingerprint density at radius 2 is 2.30 bits per heavy atom. The van der Waals surface area contributed by atoms with Crippen LogP contribution in [0.2, 0.25) is 0 Å². The molecule has 1 aromatic carbocycles. The number of benzene rings is 1. The molecule has 0 bridgehead atoms. The number of amides is 1. The summed E-state index contributed by atoms with van der Waals surface area (Å²) >= 11 is 0. The van der Waals surface area contributed by atoms with E-state index in [4.69, 9.17) is 14.4 Å². The van der Waals surface area contributed by atoms with E-state index >= 15 is 0 Å². The molecule has 0 radical (unpaired) electrons. The maximum Gasteiger partial charge on any atom is 0.226 e. The third-order valence-corrected chi connectivity index (χ3v) is 3.19. The van der Waals surface area contributed by atoms with Gasteiger partial charge in [0.2, 0.25) is 5.91 Å². The van der Waals surface area contributed by atoms with E-state index in [1.807, 2.05) is 18.2 Å². The van der Waals surface area contributed by atoms with Gasteiger partial charge in [-0.15, -0.1) is 0 Å². The molecule has 0 atom stereocenters. The first kappa shape index (κ1) is 13.9. The van der Waals surface area contributed by atoms with Gasteiger partial charge in [0, 0.05) is 30.6 Å². The van der Waals surface area contributed by atoms with E-state index in [9.17, 15) is 4.79 Å². The Labute approximate surface area is 117 Å². The van der Waals surface area contributed by atoms with Gasteiger partial charge in [-0.2, -0.15) is 5.26 Å². The Balaban J connectivity index is 2.14. The van der Waals surface area contributed by atoms with Crippen molar-refractivity contribution in [3.63, 3.8) is 0 Å². The second-order valence-corrected chi connectivity index (χ2v) is 4.52. The van der Waals surface area contributed by atoms with Crippen molar-refractivity contribution in [2.45, 2.75) is 12.8 Å². The Kier molecular flexibility index (Phi) is 4.26. The Morgan fingerprint density at radius 1 is 1.50 bits per heavy atom. The fraction of sp³-hybridized carbons (Fsp3) is 0.333. The highest BCUT2D eigenvalue weighted by atomic mass is 16.5. The number of likely N-dealkylation sites (N-methyl/N-ethyl adjacent to an activating group) is 1. The predicted molar refractivity (Wildman–Crippen MR) is 74.3 cm³/mol. The molecule has 5 nitrogen and oxygen atoms in total. The number of furan rings is 1. The molecule has 1 heterocycles. The topological polar surface area (TPSA) is 66.5 Å². The first-order valence-corrected chi connectivity index (χ1v) is 6.30. The van der Waals surface area contributed by atoms with Gasteiger partial charge in [-0.05, 0) is 12.1 Å². The summed E-state index contributed by atoms with van der Waals surface area (Å²) in [5, 5.41) is 9.44. The van der Waals surface area contributed by atoms with Crippen LogP contribution in [0.1, 0.15) is 12.0 Å². The maximum atomic E-state index is 12.0. The number of methoxy groups -OCH3 is 1. The largest absolute Gasteiger partial charge is 0.497 e. The van der Waals surface area contributed by atoms with E-state index in [1.54, 1.807) is 31.4 Å². The van der Waals surface area contributed by atoms with Gasteiger partial charge >= 0.3 is 0 Å². The number of hydrogen-bond donors (Lipinski definition) is 0. The van der Waals surface area contributed by atoms with Gasteiger partial charge in [-0.1, -0.05) is 0 Å². The smallest absolute Gasteiger partial charge is 0.226 e. The number of rotatable bonds is 5. The van der Waals surface area contributed by atoms with E-state index < -0.39 is 0 Å². The van der Waals surface area contributed by atoms with Gasteiger partial charge in [-0.25, -0.2) is 0 Å². The normalized spacial score (nSPS) is 10.2. The van der Waals surface area contributed by atoms with Crippen molar-refractivity contribution < 1.29 is 13.9 Å². The van der Waals surface area contributed by atoms with Crippen molar-refractivity contribution in [2.75, 3.05) is 20.7 Å². The lowest BCUT2D eigenvalue weighted by Gasteiger charge is -2.14. The summed E-state index contributed by atoms with van der Waals surface area (Å²) in [6.07, 6.45) is 2.20. The monoisotopic (exact) mass is 272 g/mol. The maximum absolute atomic E-state index is 12.0. The van der Waals surface area contributed by atoms with Crippen LogP contribution in [0.25, 0.3) is 11.0 Å². The first-order chi connectivity index (χ1) is 9.65. The van der Waals surface area contributed by atoms with E-state index in [-0.39, 0.29) is 12.3 Å². The Bertz CT molecular complexity index is 655. The summed E-state index contributed by atoms with van der Waals surface area (Å²) in [4.78, 5) is 13.6. The molecule has 1 amide bonds. The average Bonchev–Trinajstić information content (AvgIpc) is 2.86. The van der Waals surface area contributed by atoms with E-state index in [0.717, 1.165) is 16.7 Å². The third kappa shape index (κ3) is 2.91. The molecule has 0 fully saturated rings. The number of carbonyl (C=O) groups excluding carboxylic acids is 1. The Morgan fingerprint density at radius 3 is 3.00 bits per heavy atom. The fourth-order valence-electron chi connectivity index (χ4n) is 1.97. The van der Waals surface area contributed by atoms with Crippen LogP contribution >= 0.6 is 0 Å². The van der Waals surface area contributed by atoms with Crippen molar-refractivity contribution >= 4 is 16.9 Å². The zero-order valence-corrected chi connectivity index (χ0v) is 11.5. The highest BCUT2D eigenvalue weighted by Crippen LogP contribution is 2.26. The number of hydrogen-bond acceptors (Lipinski definition) is 4. The first-order valence-electron chi connectivity index (χ1n) is 6.30. The van der Waals surface area contributed by atoms with Crippen LogP contribution in [-0.2, 0) is 11.2 Å². The lowest BCUT2D eigenvalue weighted by atomic mass is 10.1. The second kappa shape index (κ2) is 6.11. The molecule has 0 aliphatic carbocycles. The van der Waals surface area contributed by atoms with Gasteiger partial charge in [0.1, 0.15) is 11.3 Å². The molecule has 0 saturated heterocycles. The molecule has 0 N–H and O–H groups in total. The Hall–Kier alpha value is -2.48. The molecule has 2 aromatic rings. The van der Waals surface area contributed by atoms with Crippen molar-refractivity contribution in [2.24, 2.45) is 0 Å². The molecule has 20 heavy (non-hydrogen) atoms. The number of nitrogens with zero attached hydrogens (tertiary/aromatic N) is 2. The zero-order chi connectivity index (χ0) is 14.5. The van der Waals surface area contributed by atoms with Crippen LogP contribution in [0.5, 0.6) is 5.75 Å². The van der Waals surface area contributed by atoms with E-state index in [1.165, 1.54) is 0 Å². The van der Waals surface area contributed by atoms with Crippen LogP contribution in [0.4, 0.5) is 0 Å². The van der Waals surface area contributed by atoms with Crippen molar-refractivity contribution in [3.8, 4) is 11.8 Å². The molecular weight excluding hydrogens is 256 g/mol. The number of ether oxygens (including phenoxy) is 1. The summed E-state index contributed by atoms with van der Waals surface area (Å²) in [5.41, 5.74) is 1.54. The predicted octanol–water partition coefficient (Wildman–Crippen LogP) is 2.36. The molecule has 0 saturated carbocycles. The highest BCUT2D eigenvalue weighted by Gasteiger charge is 2.14. The van der Waals surface area contributed by atoms with Crippen LogP contribution in [0.15, 0.2) is 28.9 Å². The molecule has 0 spiro atoms. The molecule has 0 aliphatic heterocycles. The van der Waals surface area contributed by atoms with Gasteiger partial charge in [-0.3, -0.25) is 4.79 Å². The number of fused-ring (bicyclic) bond motifs is 1. The summed E-state index contributed by atoms with van der Waals surface area (Å²) in [7, 11) is 3.30. The molecule has 1 aromatic heterocycles. The molecule has 5 heteroatoms. The number of nitriles is 1. The zero-order valence-electron chi connectivity index (χ0n) is 11.5. The average molecular weight is 272 g/mol. The summed E-state index contributed by atoms with van der Waals surface area (Å²) < 4.78 is 10.6. The minimum Gasteiger partial charge on any atom is -0.497 e. The number of carbonyl (C=O) groups is 1. The minimum atomic E-state index is -0.0289. The summed E-state index contributed by atoms with van der Waals surface area (Å²) in [5.74, 6) is 0.689. The van der Waals surface area contributed by atoms with E-state index in [0.29, 0.717) is 18.5 Å². The third-order valence-electron chi connectivity index (χ3n) is 3.19. The van der Waals surface area contributed by atoms with Gasteiger partial charge in [0.15, 0.2) is 0 Å². The summed E-state index contributed by atoms with van der Waals surface area (Å²) in [6.45, 7) is 0.443. The quantitative estimate of drug-likeness (QED) is 0.838. The van der Waals surface area contributed by atoms with Gasteiger partial charge in [0.05, 0.1) is 32.3 Å².